The smallest absolute Gasteiger partial charge is 0.166 e. The molecular weight excluding hydrogens is 455 g/mol. The number of hydrogen-bond donors (Lipinski definition) is 1. The molecule has 0 saturated heterocycles. The molecule has 0 atom stereocenters. The van der Waals surface area contributed by atoms with Gasteiger partial charge >= 0.3 is 0 Å². The molecule has 4 aromatic carbocycles. The zero-order valence-electron chi connectivity index (χ0n) is 17.7. The lowest BCUT2D eigenvalue weighted by Gasteiger charge is -2.06. The maximum Gasteiger partial charge on any atom is 0.166 e. The fourth-order valence-corrected chi connectivity index (χ4v) is 5.68. The third-order valence-electron chi connectivity index (χ3n) is 5.27. The second kappa shape index (κ2) is 9.21. The Bertz CT molecular complexity index is 1500. The Hall–Kier alpha value is -3.42. The van der Waals surface area contributed by atoms with Gasteiger partial charge in [0.25, 0.3) is 0 Å². The quantitative estimate of drug-likeness (QED) is 0.207. The van der Waals surface area contributed by atoms with E-state index >= 15 is 0 Å². The molecule has 33 heavy (non-hydrogen) atoms. The van der Waals surface area contributed by atoms with Crippen LogP contribution >= 0.6 is 23.1 Å². The van der Waals surface area contributed by atoms with Gasteiger partial charge in [-0.25, -0.2) is 9.37 Å². The van der Waals surface area contributed by atoms with Crippen molar-refractivity contribution in [3.05, 3.63) is 89.7 Å². The summed E-state index contributed by atoms with van der Waals surface area (Å²) in [5, 5.41) is 11.8. The number of para-hydroxylation sites is 1. The highest BCUT2D eigenvalue weighted by atomic mass is 32.2. The molecule has 0 spiro atoms. The molecule has 0 amide bonds. The van der Waals surface area contributed by atoms with Crippen LogP contribution in [-0.2, 0) is 5.75 Å². The average molecular weight is 475 g/mol. The van der Waals surface area contributed by atoms with Crippen LogP contribution < -0.4 is 4.74 Å². The molecule has 1 heterocycles. The van der Waals surface area contributed by atoms with Crippen molar-refractivity contribution >= 4 is 56.0 Å². The zero-order chi connectivity index (χ0) is 22.8. The highest BCUT2D eigenvalue weighted by Crippen LogP contribution is 2.35. The molecule has 1 N–H and O–H groups in total. The summed E-state index contributed by atoms with van der Waals surface area (Å²) in [4.78, 5) is 9.22. The minimum Gasteiger partial charge on any atom is -0.504 e. The van der Waals surface area contributed by atoms with Crippen LogP contribution in [0.15, 0.2) is 82.1 Å². The van der Waals surface area contributed by atoms with Crippen molar-refractivity contribution in [1.82, 2.24) is 4.98 Å². The third kappa shape index (κ3) is 4.42. The minimum atomic E-state index is -0.199. The molecule has 164 valence electrons. The van der Waals surface area contributed by atoms with Gasteiger partial charge in [-0.05, 0) is 47.3 Å². The summed E-state index contributed by atoms with van der Waals surface area (Å²) in [7, 11) is 1.52. The minimum absolute atomic E-state index is 0.0645. The van der Waals surface area contributed by atoms with Gasteiger partial charge < -0.3 is 9.84 Å². The fraction of sp³-hybridized carbons (Fsp3) is 0.0769. The number of ether oxygens (including phenoxy) is 1. The maximum absolute atomic E-state index is 14.1. The molecule has 0 fully saturated rings. The molecule has 0 radical (unpaired) electrons. The van der Waals surface area contributed by atoms with Crippen LogP contribution in [0.4, 0.5) is 10.1 Å². The number of phenols is 1. The van der Waals surface area contributed by atoms with Gasteiger partial charge in [0.1, 0.15) is 5.82 Å². The van der Waals surface area contributed by atoms with Crippen LogP contribution in [0.25, 0.3) is 21.0 Å². The van der Waals surface area contributed by atoms with E-state index in [1.807, 2.05) is 48.5 Å². The van der Waals surface area contributed by atoms with Gasteiger partial charge in [0.05, 0.1) is 23.0 Å². The van der Waals surface area contributed by atoms with E-state index in [1.54, 1.807) is 47.5 Å². The SMILES string of the molecule is COc1cccc(C=Nc2ccc3nc(SCc4ccc(F)c5ccccc45)sc3c2)c1O. The van der Waals surface area contributed by atoms with E-state index in [1.165, 1.54) is 13.2 Å². The first-order chi connectivity index (χ1) is 16.1. The number of methoxy groups -OCH3 is 1. The number of aromatic hydroxyl groups is 1. The second-order valence-corrected chi connectivity index (χ2v) is 9.58. The molecule has 5 rings (SSSR count). The van der Waals surface area contributed by atoms with Crippen LogP contribution in [0, 0.1) is 5.82 Å². The molecule has 7 heteroatoms. The Morgan fingerprint density at radius 1 is 1.06 bits per heavy atom. The van der Waals surface area contributed by atoms with Crippen molar-refractivity contribution in [3.63, 3.8) is 0 Å². The van der Waals surface area contributed by atoms with Crippen molar-refractivity contribution in [2.45, 2.75) is 10.1 Å². The van der Waals surface area contributed by atoms with Crippen molar-refractivity contribution in [3.8, 4) is 11.5 Å². The van der Waals surface area contributed by atoms with Gasteiger partial charge in [-0.3, -0.25) is 4.99 Å². The lowest BCUT2D eigenvalue weighted by molar-refractivity contribution is 0.373. The Labute approximate surface area is 198 Å². The summed E-state index contributed by atoms with van der Waals surface area (Å²) < 4.78 is 21.2. The lowest BCUT2D eigenvalue weighted by atomic mass is 10.1. The number of nitrogens with zero attached hydrogens (tertiary/aromatic N) is 2. The maximum atomic E-state index is 14.1. The third-order valence-corrected chi connectivity index (χ3v) is 7.48. The number of thiazole rings is 1. The largest absolute Gasteiger partial charge is 0.504 e. The van der Waals surface area contributed by atoms with Crippen molar-refractivity contribution in [1.29, 1.82) is 0 Å². The summed E-state index contributed by atoms with van der Waals surface area (Å²) in [6.45, 7) is 0. The van der Waals surface area contributed by atoms with E-state index in [4.69, 9.17) is 9.72 Å². The topological polar surface area (TPSA) is 54.7 Å². The fourth-order valence-electron chi connectivity index (χ4n) is 3.58. The summed E-state index contributed by atoms with van der Waals surface area (Å²) in [6, 6.07) is 22.0. The number of halogens is 1. The molecule has 0 aliphatic carbocycles. The first-order valence-electron chi connectivity index (χ1n) is 10.2. The Morgan fingerprint density at radius 2 is 1.91 bits per heavy atom. The number of aliphatic imine (C=N–C) groups is 1. The monoisotopic (exact) mass is 474 g/mol. The predicted octanol–water partition coefficient (Wildman–Crippen LogP) is 7.35. The number of benzene rings is 4. The molecule has 0 unspecified atom stereocenters. The molecule has 0 aliphatic rings. The summed E-state index contributed by atoms with van der Waals surface area (Å²) in [6.07, 6.45) is 1.62. The van der Waals surface area contributed by atoms with E-state index < -0.39 is 0 Å². The molecule has 0 saturated carbocycles. The van der Waals surface area contributed by atoms with Crippen molar-refractivity contribution in [2.24, 2.45) is 4.99 Å². The van der Waals surface area contributed by atoms with Gasteiger partial charge in [0.2, 0.25) is 0 Å². The number of rotatable bonds is 6. The van der Waals surface area contributed by atoms with Crippen molar-refractivity contribution < 1.29 is 14.2 Å². The molecule has 1 aromatic heterocycles. The summed E-state index contributed by atoms with van der Waals surface area (Å²) in [5.74, 6) is 0.984. The van der Waals surface area contributed by atoms with E-state index in [2.05, 4.69) is 4.99 Å². The van der Waals surface area contributed by atoms with E-state index in [0.717, 1.165) is 31.2 Å². The van der Waals surface area contributed by atoms with E-state index in [9.17, 15) is 9.50 Å². The Balaban J connectivity index is 1.35. The molecule has 4 nitrogen and oxygen atoms in total. The zero-order valence-corrected chi connectivity index (χ0v) is 19.3. The van der Waals surface area contributed by atoms with Crippen LogP contribution in [0.3, 0.4) is 0 Å². The summed E-state index contributed by atoms with van der Waals surface area (Å²) in [5.41, 5.74) is 3.35. The van der Waals surface area contributed by atoms with Crippen LogP contribution in [0.2, 0.25) is 0 Å². The van der Waals surface area contributed by atoms with E-state index in [0.29, 0.717) is 22.5 Å². The highest BCUT2D eigenvalue weighted by molar-refractivity contribution is 8.00. The van der Waals surface area contributed by atoms with Gasteiger partial charge in [-0.1, -0.05) is 48.2 Å². The standard InChI is InChI=1S/C26H19FN2O2S2/c1-31-23-8-4-5-16(25(23)30)14-28-18-10-12-22-24(13-18)33-26(29-22)32-15-17-9-11-21(27)20-7-3-2-6-19(17)20/h2-14,30H,15H2,1H3. The molecule has 0 aliphatic heterocycles. The van der Waals surface area contributed by atoms with Gasteiger partial charge in [0.15, 0.2) is 15.8 Å². The first-order valence-corrected chi connectivity index (χ1v) is 12.0. The first kappa shape index (κ1) is 21.4. The number of phenolic OH excluding ortho intramolecular Hbond substituents is 1. The number of aromatic nitrogens is 1. The van der Waals surface area contributed by atoms with Crippen molar-refractivity contribution in [2.75, 3.05) is 7.11 Å². The van der Waals surface area contributed by atoms with Gasteiger partial charge in [-0.15, -0.1) is 11.3 Å². The van der Waals surface area contributed by atoms with Crippen LogP contribution in [0.1, 0.15) is 11.1 Å². The molecule has 5 aromatic rings. The highest BCUT2D eigenvalue weighted by Gasteiger charge is 2.10. The number of hydrogen-bond acceptors (Lipinski definition) is 6. The van der Waals surface area contributed by atoms with Gasteiger partial charge in [-0.2, -0.15) is 0 Å². The lowest BCUT2D eigenvalue weighted by Crippen LogP contribution is -1.88. The summed E-state index contributed by atoms with van der Waals surface area (Å²) >= 11 is 3.25. The predicted molar refractivity (Wildman–Crippen MR) is 135 cm³/mol. The second-order valence-electron chi connectivity index (χ2n) is 7.33. The normalized spacial score (nSPS) is 11.6. The average Bonchev–Trinajstić information content (AvgIpc) is 3.25. The number of thioether (sulfide) groups is 1. The van der Waals surface area contributed by atoms with Crippen LogP contribution in [-0.4, -0.2) is 23.4 Å². The van der Waals surface area contributed by atoms with Crippen LogP contribution in [0.5, 0.6) is 11.5 Å². The molecular formula is C26H19FN2O2S2. The number of fused-ring (bicyclic) bond motifs is 2. The Kier molecular flexibility index (Phi) is 5.98. The Morgan fingerprint density at radius 3 is 2.76 bits per heavy atom. The molecule has 0 bridgehead atoms. The van der Waals surface area contributed by atoms with Gasteiger partial charge in [0, 0.05) is 22.9 Å². The van der Waals surface area contributed by atoms with E-state index in [-0.39, 0.29) is 11.6 Å².